The van der Waals surface area contributed by atoms with E-state index in [1.807, 2.05) is 0 Å². The largest absolute Gasteiger partial charge is 0.497 e. The lowest BCUT2D eigenvalue weighted by Gasteiger charge is -2.10. The van der Waals surface area contributed by atoms with E-state index >= 15 is 0 Å². The van der Waals surface area contributed by atoms with Gasteiger partial charge in [0.15, 0.2) is 0 Å². The molecule has 0 saturated heterocycles. The van der Waals surface area contributed by atoms with Gasteiger partial charge < -0.3 is 10.1 Å². The molecule has 0 unspecified atom stereocenters. The molecule has 0 atom stereocenters. The van der Waals surface area contributed by atoms with Gasteiger partial charge in [-0.3, -0.25) is 0 Å². The van der Waals surface area contributed by atoms with Crippen LogP contribution in [-0.4, -0.2) is 17.1 Å². The summed E-state index contributed by atoms with van der Waals surface area (Å²) >= 11 is 12.2. The van der Waals surface area contributed by atoms with Gasteiger partial charge in [-0.15, -0.1) is 0 Å². The summed E-state index contributed by atoms with van der Waals surface area (Å²) in [6.07, 6.45) is 1.74. The smallest absolute Gasteiger partial charge is 0.135 e. The minimum atomic E-state index is 0.407. The van der Waals surface area contributed by atoms with Crippen LogP contribution < -0.4 is 10.1 Å². The fraction of sp³-hybridized carbons (Fsp3) is 0.286. The van der Waals surface area contributed by atoms with Crippen LogP contribution in [0.3, 0.4) is 0 Å². The van der Waals surface area contributed by atoms with E-state index in [0.29, 0.717) is 33.3 Å². The molecule has 1 aromatic heterocycles. The van der Waals surface area contributed by atoms with E-state index in [1.54, 1.807) is 31.4 Å². The fourth-order valence-electron chi connectivity index (χ4n) is 1.73. The van der Waals surface area contributed by atoms with Crippen LogP contribution in [0, 0.1) is 0 Å². The highest BCUT2D eigenvalue weighted by Gasteiger charge is 2.07. The van der Waals surface area contributed by atoms with Gasteiger partial charge in [0.05, 0.1) is 17.8 Å². The minimum absolute atomic E-state index is 0.407. The van der Waals surface area contributed by atoms with Gasteiger partial charge in [-0.1, -0.05) is 30.1 Å². The maximum Gasteiger partial charge on any atom is 0.135 e. The molecule has 0 spiro atoms. The van der Waals surface area contributed by atoms with Crippen molar-refractivity contribution in [1.29, 1.82) is 0 Å². The summed E-state index contributed by atoms with van der Waals surface area (Å²) in [5.41, 5.74) is 0.711. The number of nitrogens with zero attached hydrogens (tertiary/aromatic N) is 2. The zero-order valence-electron chi connectivity index (χ0n) is 11.3. The second-order valence-corrected chi connectivity index (χ2v) is 5.01. The number of hydrogen-bond acceptors (Lipinski definition) is 4. The third-order valence-corrected chi connectivity index (χ3v) is 3.17. The highest BCUT2D eigenvalue weighted by atomic mass is 35.5. The summed E-state index contributed by atoms with van der Waals surface area (Å²) in [6.45, 7) is 2.07. The predicted molar refractivity (Wildman–Crippen MR) is 82.3 cm³/mol. The Morgan fingerprint density at radius 1 is 1.20 bits per heavy atom. The number of benzene rings is 1. The number of rotatable bonds is 5. The van der Waals surface area contributed by atoms with Crippen LogP contribution in [0.15, 0.2) is 24.3 Å². The van der Waals surface area contributed by atoms with Crippen molar-refractivity contribution in [3.63, 3.8) is 0 Å². The zero-order chi connectivity index (χ0) is 14.5. The molecule has 2 rings (SSSR count). The van der Waals surface area contributed by atoms with Crippen LogP contribution in [-0.2, 0) is 6.42 Å². The van der Waals surface area contributed by atoms with E-state index in [0.717, 1.165) is 12.8 Å². The summed E-state index contributed by atoms with van der Waals surface area (Å²) < 4.78 is 5.18. The number of aryl methyl sites for hydroxylation is 1. The molecule has 0 bridgehead atoms. The monoisotopic (exact) mass is 311 g/mol. The standard InChI is InChI=1S/C14H15Cl2N3O/c1-3-4-13-18-12(16)8-14(19-13)17-11-7-9(20-2)5-6-10(11)15/h5-8H,3-4H2,1-2H3,(H,17,18,19). The van der Waals surface area contributed by atoms with Gasteiger partial charge in [0.1, 0.15) is 22.5 Å². The van der Waals surface area contributed by atoms with Crippen LogP contribution >= 0.6 is 23.2 Å². The Morgan fingerprint density at radius 3 is 2.70 bits per heavy atom. The van der Waals surface area contributed by atoms with Crippen LogP contribution in [0.1, 0.15) is 19.2 Å². The molecule has 0 amide bonds. The molecule has 6 heteroatoms. The average molecular weight is 312 g/mol. The summed E-state index contributed by atoms with van der Waals surface area (Å²) in [5, 5.41) is 4.13. The molecule has 106 valence electrons. The van der Waals surface area contributed by atoms with Crippen molar-refractivity contribution in [1.82, 2.24) is 9.97 Å². The molecule has 0 aliphatic carbocycles. The molecule has 0 radical (unpaired) electrons. The molecular formula is C14H15Cl2N3O. The molecular weight excluding hydrogens is 297 g/mol. The van der Waals surface area contributed by atoms with Crippen LogP contribution in [0.2, 0.25) is 10.2 Å². The van der Waals surface area contributed by atoms with Crippen molar-refractivity contribution >= 4 is 34.7 Å². The summed E-state index contributed by atoms with van der Waals surface area (Å²) in [5.74, 6) is 2.04. The van der Waals surface area contributed by atoms with Gasteiger partial charge in [0, 0.05) is 18.6 Å². The SMILES string of the molecule is CCCc1nc(Cl)cc(Nc2cc(OC)ccc2Cl)n1. The molecule has 20 heavy (non-hydrogen) atoms. The summed E-state index contributed by atoms with van der Waals surface area (Å²) in [6, 6.07) is 7.02. The van der Waals surface area contributed by atoms with Gasteiger partial charge in [0.25, 0.3) is 0 Å². The maximum absolute atomic E-state index is 6.15. The number of ether oxygens (including phenoxy) is 1. The predicted octanol–water partition coefficient (Wildman–Crippen LogP) is 4.49. The van der Waals surface area contributed by atoms with Gasteiger partial charge in [-0.25, -0.2) is 9.97 Å². The Balaban J connectivity index is 2.29. The second kappa shape index (κ2) is 6.77. The van der Waals surface area contributed by atoms with Crippen molar-refractivity contribution in [2.75, 3.05) is 12.4 Å². The Bertz CT molecular complexity index is 605. The van der Waals surface area contributed by atoms with E-state index < -0.39 is 0 Å². The topological polar surface area (TPSA) is 47.0 Å². The quantitative estimate of drug-likeness (QED) is 0.826. The lowest BCUT2D eigenvalue weighted by molar-refractivity contribution is 0.415. The lowest BCUT2D eigenvalue weighted by Crippen LogP contribution is -2.01. The molecule has 0 fully saturated rings. The third kappa shape index (κ3) is 3.74. The van der Waals surface area contributed by atoms with Crippen molar-refractivity contribution in [2.45, 2.75) is 19.8 Å². The highest BCUT2D eigenvalue weighted by molar-refractivity contribution is 6.33. The normalized spacial score (nSPS) is 10.4. The van der Waals surface area contributed by atoms with E-state index in [-0.39, 0.29) is 0 Å². The van der Waals surface area contributed by atoms with Gasteiger partial charge in [-0.2, -0.15) is 0 Å². The van der Waals surface area contributed by atoms with Crippen molar-refractivity contribution in [2.24, 2.45) is 0 Å². The first kappa shape index (κ1) is 14.9. The Morgan fingerprint density at radius 2 is 2.00 bits per heavy atom. The van der Waals surface area contributed by atoms with Gasteiger partial charge >= 0.3 is 0 Å². The maximum atomic E-state index is 6.15. The molecule has 1 aromatic carbocycles. The fourth-order valence-corrected chi connectivity index (χ4v) is 2.09. The second-order valence-electron chi connectivity index (χ2n) is 4.21. The van der Waals surface area contributed by atoms with E-state index in [9.17, 15) is 0 Å². The molecule has 2 aromatic rings. The van der Waals surface area contributed by atoms with Crippen molar-refractivity contribution in [3.05, 3.63) is 40.3 Å². The lowest BCUT2D eigenvalue weighted by atomic mass is 10.3. The highest BCUT2D eigenvalue weighted by Crippen LogP contribution is 2.29. The number of nitrogens with one attached hydrogen (secondary N) is 1. The molecule has 1 heterocycles. The van der Waals surface area contributed by atoms with E-state index in [2.05, 4.69) is 22.2 Å². The Kier molecular flexibility index (Phi) is 5.04. The molecule has 0 saturated carbocycles. The number of halogens is 2. The van der Waals surface area contributed by atoms with Crippen LogP contribution in [0.4, 0.5) is 11.5 Å². The van der Waals surface area contributed by atoms with Crippen LogP contribution in [0.5, 0.6) is 5.75 Å². The van der Waals surface area contributed by atoms with Crippen molar-refractivity contribution in [3.8, 4) is 5.75 Å². The number of anilines is 2. The first-order chi connectivity index (χ1) is 9.62. The van der Waals surface area contributed by atoms with Gasteiger partial charge in [-0.05, 0) is 18.6 Å². The van der Waals surface area contributed by atoms with Crippen LogP contribution in [0.25, 0.3) is 0 Å². The first-order valence-corrected chi connectivity index (χ1v) is 7.02. The molecule has 4 nitrogen and oxygen atoms in total. The number of hydrogen-bond donors (Lipinski definition) is 1. The van der Waals surface area contributed by atoms with E-state index in [1.165, 1.54) is 0 Å². The molecule has 0 aliphatic rings. The molecule has 1 N–H and O–H groups in total. The Hall–Kier alpha value is -1.52. The summed E-state index contributed by atoms with van der Waals surface area (Å²) in [7, 11) is 1.61. The van der Waals surface area contributed by atoms with Crippen molar-refractivity contribution < 1.29 is 4.74 Å². The van der Waals surface area contributed by atoms with Gasteiger partial charge in [0.2, 0.25) is 0 Å². The number of methoxy groups -OCH3 is 1. The molecule has 0 aliphatic heterocycles. The van der Waals surface area contributed by atoms with E-state index in [4.69, 9.17) is 27.9 Å². The Labute approximate surface area is 128 Å². The third-order valence-electron chi connectivity index (χ3n) is 2.65. The average Bonchev–Trinajstić information content (AvgIpc) is 2.41. The zero-order valence-corrected chi connectivity index (χ0v) is 12.8. The number of aromatic nitrogens is 2. The summed E-state index contributed by atoms with van der Waals surface area (Å²) in [4.78, 5) is 8.59. The minimum Gasteiger partial charge on any atom is -0.497 e. The first-order valence-electron chi connectivity index (χ1n) is 6.26.